The predicted octanol–water partition coefficient (Wildman–Crippen LogP) is 3.50. The summed E-state index contributed by atoms with van der Waals surface area (Å²) in [6.07, 6.45) is 3.78. The molecule has 0 saturated heterocycles. The third kappa shape index (κ3) is 4.15. The number of benzene rings is 2. The molecule has 5 heteroatoms. The first kappa shape index (κ1) is 19.4. The summed E-state index contributed by atoms with van der Waals surface area (Å²) in [6.45, 7) is 4.40. The van der Waals surface area contributed by atoms with Crippen molar-refractivity contribution in [1.29, 1.82) is 0 Å². The molecule has 3 aromatic rings. The summed E-state index contributed by atoms with van der Waals surface area (Å²) in [5.74, 6) is 0.361. The molecular formula is C22H28N2O2Si. The average molecular weight is 381 g/mol. The third-order valence-electron chi connectivity index (χ3n) is 5.42. The largest absolute Gasteiger partial charge is 0.424 e. The molecule has 0 bridgehead atoms. The van der Waals surface area contributed by atoms with Crippen molar-refractivity contribution in [3.63, 3.8) is 0 Å². The molecule has 0 fully saturated rings. The Kier molecular flexibility index (Phi) is 5.82. The van der Waals surface area contributed by atoms with E-state index in [9.17, 15) is 4.80 Å². The van der Waals surface area contributed by atoms with Crippen LogP contribution in [-0.2, 0) is 6.42 Å². The van der Waals surface area contributed by atoms with Gasteiger partial charge in [0.25, 0.3) is 8.32 Å². The van der Waals surface area contributed by atoms with E-state index in [0.717, 1.165) is 41.8 Å². The van der Waals surface area contributed by atoms with Gasteiger partial charge < -0.3 is 15.1 Å². The van der Waals surface area contributed by atoms with Gasteiger partial charge in [0.05, 0.1) is 5.69 Å². The summed E-state index contributed by atoms with van der Waals surface area (Å²) in [4.78, 5) is 12.1. The molecule has 0 radical (unpaired) electrons. The zero-order chi connectivity index (χ0) is 19.3. The first-order valence-corrected chi connectivity index (χ1v) is 11.4. The maximum absolute atomic E-state index is 12.1. The monoisotopic (exact) mass is 380 g/mol. The van der Waals surface area contributed by atoms with Gasteiger partial charge in [0.15, 0.2) is 0 Å². The van der Waals surface area contributed by atoms with E-state index >= 15 is 0 Å². The summed E-state index contributed by atoms with van der Waals surface area (Å²) < 4.78 is 4.93. The number of hydrogen-bond donors (Lipinski definition) is 2. The van der Waals surface area contributed by atoms with Gasteiger partial charge in [-0.15, -0.1) is 0 Å². The number of rotatable bonds is 8. The molecule has 0 aliphatic heterocycles. The van der Waals surface area contributed by atoms with Crippen LogP contribution in [0.4, 0.5) is 5.88 Å². The van der Waals surface area contributed by atoms with Gasteiger partial charge in [0.2, 0.25) is 5.88 Å². The summed E-state index contributed by atoms with van der Waals surface area (Å²) >= 11 is 0. The Morgan fingerprint density at radius 1 is 0.963 bits per heavy atom. The predicted molar refractivity (Wildman–Crippen MR) is 113 cm³/mol. The van der Waals surface area contributed by atoms with Crippen LogP contribution in [0.5, 0.6) is 0 Å². The number of nitrogen functional groups attached to an aromatic ring is 1. The Balaban J connectivity index is 1.78. The van der Waals surface area contributed by atoms with E-state index in [1.165, 1.54) is 0 Å². The van der Waals surface area contributed by atoms with Crippen molar-refractivity contribution in [1.82, 2.24) is 5.16 Å². The quantitative estimate of drug-likeness (QED) is 0.463. The zero-order valence-corrected chi connectivity index (χ0v) is 17.1. The molecule has 1 heterocycles. The maximum atomic E-state index is 12.1. The molecule has 0 saturated carbocycles. The van der Waals surface area contributed by atoms with Gasteiger partial charge in [0, 0.05) is 6.07 Å². The van der Waals surface area contributed by atoms with Gasteiger partial charge in [-0.2, -0.15) is 0 Å². The molecule has 0 amide bonds. The van der Waals surface area contributed by atoms with Crippen molar-refractivity contribution in [2.45, 2.75) is 44.6 Å². The van der Waals surface area contributed by atoms with Crippen LogP contribution in [0.3, 0.4) is 0 Å². The SMILES string of the molecule is CC(C)(CCCCc1cc(N)on1)[Si](O)(c1ccccc1)c1ccccc1. The van der Waals surface area contributed by atoms with Crippen LogP contribution in [0.15, 0.2) is 71.3 Å². The van der Waals surface area contributed by atoms with Crippen molar-refractivity contribution < 1.29 is 9.32 Å². The van der Waals surface area contributed by atoms with Crippen LogP contribution < -0.4 is 16.1 Å². The van der Waals surface area contributed by atoms with Gasteiger partial charge in [0.1, 0.15) is 0 Å². The molecule has 27 heavy (non-hydrogen) atoms. The lowest BCUT2D eigenvalue weighted by Gasteiger charge is -2.41. The third-order valence-corrected chi connectivity index (χ3v) is 9.97. The summed E-state index contributed by atoms with van der Waals surface area (Å²) in [6, 6.07) is 22.1. The van der Waals surface area contributed by atoms with Crippen LogP contribution in [0, 0.1) is 0 Å². The molecule has 0 aliphatic rings. The average Bonchev–Trinajstić information content (AvgIpc) is 3.11. The normalized spacial score (nSPS) is 12.3. The van der Waals surface area contributed by atoms with E-state index < -0.39 is 8.32 Å². The van der Waals surface area contributed by atoms with E-state index in [2.05, 4.69) is 43.3 Å². The smallest absolute Gasteiger partial charge is 0.258 e. The van der Waals surface area contributed by atoms with Gasteiger partial charge >= 0.3 is 0 Å². The molecule has 2 aromatic carbocycles. The number of aromatic nitrogens is 1. The second-order valence-corrected chi connectivity index (χ2v) is 11.7. The number of aryl methyl sites for hydroxylation is 1. The Labute approximate surface area is 162 Å². The number of unbranched alkanes of at least 4 members (excludes halogenated alkanes) is 1. The minimum atomic E-state index is -2.91. The Hall–Kier alpha value is -2.37. The summed E-state index contributed by atoms with van der Waals surface area (Å²) in [5, 5.41) is 5.86. The molecule has 0 atom stereocenters. The van der Waals surface area contributed by atoms with E-state index in [1.807, 2.05) is 36.4 Å². The van der Waals surface area contributed by atoms with Crippen LogP contribution in [0.2, 0.25) is 5.04 Å². The fourth-order valence-electron chi connectivity index (χ4n) is 3.81. The van der Waals surface area contributed by atoms with Crippen LogP contribution in [0.1, 0.15) is 38.8 Å². The minimum Gasteiger partial charge on any atom is -0.424 e. The summed E-state index contributed by atoms with van der Waals surface area (Å²) in [5.41, 5.74) is 6.47. The van der Waals surface area contributed by atoms with Crippen molar-refractivity contribution in [2.75, 3.05) is 5.73 Å². The first-order chi connectivity index (χ1) is 12.9. The highest BCUT2D eigenvalue weighted by Crippen LogP contribution is 2.40. The lowest BCUT2D eigenvalue weighted by atomic mass is 10.0. The van der Waals surface area contributed by atoms with Gasteiger partial charge in [-0.05, 0) is 34.7 Å². The zero-order valence-electron chi connectivity index (χ0n) is 16.1. The number of hydrogen-bond acceptors (Lipinski definition) is 4. The minimum absolute atomic E-state index is 0.210. The van der Waals surface area contributed by atoms with Crippen molar-refractivity contribution in [2.24, 2.45) is 0 Å². The maximum Gasteiger partial charge on any atom is 0.258 e. The Morgan fingerprint density at radius 2 is 1.52 bits per heavy atom. The van der Waals surface area contributed by atoms with E-state index in [0.29, 0.717) is 5.88 Å². The van der Waals surface area contributed by atoms with Crippen LogP contribution in [-0.4, -0.2) is 18.3 Å². The van der Waals surface area contributed by atoms with Gasteiger partial charge in [-0.25, -0.2) is 0 Å². The van der Waals surface area contributed by atoms with E-state index in [4.69, 9.17) is 10.3 Å². The highest BCUT2D eigenvalue weighted by molar-refractivity contribution is 6.98. The summed E-state index contributed by atoms with van der Waals surface area (Å²) in [7, 11) is -2.91. The van der Waals surface area contributed by atoms with Crippen molar-refractivity contribution in [3.8, 4) is 0 Å². The highest BCUT2D eigenvalue weighted by atomic mass is 28.4. The fourth-order valence-corrected chi connectivity index (χ4v) is 7.59. The second-order valence-electron chi connectivity index (χ2n) is 7.75. The molecule has 3 N–H and O–H groups in total. The topological polar surface area (TPSA) is 72.3 Å². The Bertz CT molecular complexity index is 808. The lowest BCUT2D eigenvalue weighted by Crippen LogP contribution is -2.65. The Morgan fingerprint density at radius 3 is 2.00 bits per heavy atom. The molecule has 1 aromatic heterocycles. The molecule has 4 nitrogen and oxygen atoms in total. The lowest BCUT2D eigenvalue weighted by molar-refractivity contribution is 0.422. The number of nitrogens with zero attached hydrogens (tertiary/aromatic N) is 1. The molecule has 0 spiro atoms. The van der Waals surface area contributed by atoms with Crippen LogP contribution in [0.25, 0.3) is 0 Å². The standard InChI is InChI=1S/C22H28N2O2Si/c1-22(2,16-10-9-11-18-17-21(23)26-24-18)27(25,19-12-5-3-6-13-19)20-14-7-4-8-15-20/h3-8,12-15,17,25H,9-11,16,23H2,1-2H3. The molecule has 0 aliphatic carbocycles. The molecule has 3 rings (SSSR count). The number of anilines is 1. The molecule has 142 valence electrons. The second kappa shape index (κ2) is 8.11. The van der Waals surface area contributed by atoms with Crippen molar-refractivity contribution >= 4 is 24.6 Å². The number of nitrogens with two attached hydrogens (primary N) is 1. The van der Waals surface area contributed by atoms with Crippen LogP contribution >= 0.6 is 0 Å². The van der Waals surface area contributed by atoms with E-state index in [-0.39, 0.29) is 5.04 Å². The molecule has 0 unspecified atom stereocenters. The first-order valence-electron chi connectivity index (χ1n) is 9.48. The van der Waals surface area contributed by atoms with Gasteiger partial charge in [-0.3, -0.25) is 0 Å². The highest BCUT2D eigenvalue weighted by Gasteiger charge is 2.49. The molecular weight excluding hydrogens is 352 g/mol. The van der Waals surface area contributed by atoms with Crippen molar-refractivity contribution in [3.05, 3.63) is 72.4 Å². The van der Waals surface area contributed by atoms with E-state index in [1.54, 1.807) is 6.07 Å². The van der Waals surface area contributed by atoms with Gasteiger partial charge in [-0.1, -0.05) is 86.1 Å². The fraction of sp³-hybridized carbons (Fsp3) is 0.318.